The first kappa shape index (κ1) is 9.39. The molecule has 0 saturated carbocycles. The van der Waals surface area contributed by atoms with E-state index < -0.39 is 0 Å². The topological polar surface area (TPSA) is 80.6 Å². The summed E-state index contributed by atoms with van der Waals surface area (Å²) in [6.07, 6.45) is 6.92. The molecular weight excluding hydrogens is 190 g/mol. The summed E-state index contributed by atoms with van der Waals surface area (Å²) in [5.41, 5.74) is 6.89. The van der Waals surface area contributed by atoms with Crippen LogP contribution >= 0.6 is 0 Å². The predicted octanol–water partition coefficient (Wildman–Crippen LogP) is 0.610. The Hall–Kier alpha value is -2.17. The molecular formula is C10H11N5. The van der Waals surface area contributed by atoms with E-state index in [4.69, 9.17) is 11.1 Å². The van der Waals surface area contributed by atoms with Gasteiger partial charge in [0.05, 0.1) is 12.9 Å². The molecule has 5 heteroatoms. The molecule has 3 N–H and O–H groups in total. The number of hydrogen-bond acceptors (Lipinski definition) is 3. The van der Waals surface area contributed by atoms with Crippen LogP contribution in [0.3, 0.4) is 0 Å². The van der Waals surface area contributed by atoms with Crippen LogP contribution in [0.2, 0.25) is 0 Å². The van der Waals surface area contributed by atoms with E-state index in [9.17, 15) is 0 Å². The van der Waals surface area contributed by atoms with Gasteiger partial charge in [-0.25, -0.2) is 4.98 Å². The van der Waals surface area contributed by atoms with Gasteiger partial charge in [0.15, 0.2) is 0 Å². The molecule has 0 saturated heterocycles. The lowest BCUT2D eigenvalue weighted by molar-refractivity contribution is 0.791. The molecule has 15 heavy (non-hydrogen) atoms. The van der Waals surface area contributed by atoms with Gasteiger partial charge in [-0.1, -0.05) is 6.07 Å². The summed E-state index contributed by atoms with van der Waals surface area (Å²) in [6.45, 7) is 0.628. The SMILES string of the molecule is N=C(N)c1ncccc1Cn1ccnc1. The van der Waals surface area contributed by atoms with Crippen LogP contribution in [0.4, 0.5) is 0 Å². The van der Waals surface area contributed by atoms with Gasteiger partial charge in [-0.05, 0) is 6.07 Å². The van der Waals surface area contributed by atoms with E-state index in [1.807, 2.05) is 22.9 Å². The van der Waals surface area contributed by atoms with Crippen LogP contribution in [0.5, 0.6) is 0 Å². The summed E-state index contributed by atoms with van der Waals surface area (Å²) in [5, 5.41) is 7.40. The summed E-state index contributed by atoms with van der Waals surface area (Å²) in [6, 6.07) is 3.74. The second-order valence-electron chi connectivity index (χ2n) is 3.16. The third kappa shape index (κ3) is 2.01. The highest BCUT2D eigenvalue weighted by Gasteiger charge is 2.05. The first-order chi connectivity index (χ1) is 7.27. The number of imidazole rings is 1. The summed E-state index contributed by atoms with van der Waals surface area (Å²) in [7, 11) is 0. The van der Waals surface area contributed by atoms with Crippen LogP contribution in [-0.4, -0.2) is 20.4 Å². The van der Waals surface area contributed by atoms with Crippen molar-refractivity contribution in [2.45, 2.75) is 6.54 Å². The van der Waals surface area contributed by atoms with E-state index in [0.717, 1.165) is 5.56 Å². The van der Waals surface area contributed by atoms with Crippen molar-refractivity contribution in [3.8, 4) is 0 Å². The van der Waals surface area contributed by atoms with Crippen molar-refractivity contribution < 1.29 is 0 Å². The summed E-state index contributed by atoms with van der Waals surface area (Å²) >= 11 is 0. The predicted molar refractivity (Wildman–Crippen MR) is 56.6 cm³/mol. The molecule has 2 rings (SSSR count). The largest absolute Gasteiger partial charge is 0.382 e. The monoisotopic (exact) mass is 201 g/mol. The van der Waals surface area contributed by atoms with Crippen molar-refractivity contribution in [3.63, 3.8) is 0 Å². The molecule has 0 spiro atoms. The zero-order valence-corrected chi connectivity index (χ0v) is 8.09. The number of nitrogens with zero attached hydrogens (tertiary/aromatic N) is 3. The zero-order chi connectivity index (χ0) is 10.7. The molecule has 2 aromatic rings. The quantitative estimate of drug-likeness (QED) is 0.564. The average Bonchev–Trinajstić information content (AvgIpc) is 2.71. The molecule has 0 radical (unpaired) electrons. The van der Waals surface area contributed by atoms with Gasteiger partial charge in [-0.3, -0.25) is 10.4 Å². The normalized spacial score (nSPS) is 10.1. The molecule has 2 aromatic heterocycles. The van der Waals surface area contributed by atoms with Crippen LogP contribution in [0, 0.1) is 5.41 Å². The van der Waals surface area contributed by atoms with Gasteiger partial charge in [0, 0.05) is 24.2 Å². The summed E-state index contributed by atoms with van der Waals surface area (Å²) in [5.74, 6) is -0.00860. The fourth-order valence-electron chi connectivity index (χ4n) is 1.39. The third-order valence-corrected chi connectivity index (χ3v) is 2.06. The molecule has 76 valence electrons. The van der Waals surface area contributed by atoms with Gasteiger partial charge in [0.2, 0.25) is 0 Å². The molecule has 0 aromatic carbocycles. The number of nitrogens with two attached hydrogens (primary N) is 1. The van der Waals surface area contributed by atoms with Crippen LogP contribution in [0.15, 0.2) is 37.1 Å². The molecule has 0 aliphatic heterocycles. The summed E-state index contributed by atoms with van der Waals surface area (Å²) < 4.78 is 1.91. The first-order valence-electron chi connectivity index (χ1n) is 4.51. The fraction of sp³-hybridized carbons (Fsp3) is 0.100. The van der Waals surface area contributed by atoms with Crippen LogP contribution in [-0.2, 0) is 6.54 Å². The van der Waals surface area contributed by atoms with Crippen molar-refractivity contribution in [1.82, 2.24) is 14.5 Å². The van der Waals surface area contributed by atoms with E-state index in [1.165, 1.54) is 0 Å². The maximum absolute atomic E-state index is 7.40. The Balaban J connectivity index is 2.32. The van der Waals surface area contributed by atoms with Gasteiger partial charge in [-0.15, -0.1) is 0 Å². The number of rotatable bonds is 3. The molecule has 5 nitrogen and oxygen atoms in total. The smallest absolute Gasteiger partial charge is 0.142 e. The van der Waals surface area contributed by atoms with Crippen LogP contribution < -0.4 is 5.73 Å². The number of amidine groups is 1. The van der Waals surface area contributed by atoms with E-state index >= 15 is 0 Å². The van der Waals surface area contributed by atoms with Crippen LogP contribution in [0.1, 0.15) is 11.3 Å². The van der Waals surface area contributed by atoms with Crippen molar-refractivity contribution in [3.05, 3.63) is 48.3 Å². The minimum Gasteiger partial charge on any atom is -0.382 e. The molecule has 0 aliphatic rings. The molecule has 2 heterocycles. The lowest BCUT2D eigenvalue weighted by atomic mass is 10.2. The fourth-order valence-corrected chi connectivity index (χ4v) is 1.39. The second-order valence-corrected chi connectivity index (χ2v) is 3.16. The Morgan fingerprint density at radius 1 is 1.47 bits per heavy atom. The van der Waals surface area contributed by atoms with E-state index in [-0.39, 0.29) is 5.84 Å². The maximum Gasteiger partial charge on any atom is 0.142 e. The van der Waals surface area contributed by atoms with Gasteiger partial charge < -0.3 is 10.3 Å². The van der Waals surface area contributed by atoms with Gasteiger partial charge in [0.1, 0.15) is 11.5 Å². The highest BCUT2D eigenvalue weighted by atomic mass is 15.0. The highest BCUT2D eigenvalue weighted by molar-refractivity contribution is 5.94. The maximum atomic E-state index is 7.40. The van der Waals surface area contributed by atoms with Crippen molar-refractivity contribution >= 4 is 5.84 Å². The Morgan fingerprint density at radius 2 is 2.33 bits per heavy atom. The Morgan fingerprint density at radius 3 is 3.00 bits per heavy atom. The van der Waals surface area contributed by atoms with Crippen molar-refractivity contribution in [2.75, 3.05) is 0 Å². The third-order valence-electron chi connectivity index (χ3n) is 2.06. The Bertz CT molecular complexity index is 460. The summed E-state index contributed by atoms with van der Waals surface area (Å²) in [4.78, 5) is 8.03. The van der Waals surface area contributed by atoms with Crippen molar-refractivity contribution in [1.29, 1.82) is 5.41 Å². The van der Waals surface area contributed by atoms with Gasteiger partial charge in [0.25, 0.3) is 0 Å². The average molecular weight is 201 g/mol. The number of nitrogens with one attached hydrogen (secondary N) is 1. The van der Waals surface area contributed by atoms with E-state index in [1.54, 1.807) is 18.7 Å². The molecule has 0 amide bonds. The first-order valence-corrected chi connectivity index (χ1v) is 4.51. The number of hydrogen-bond donors (Lipinski definition) is 2. The van der Waals surface area contributed by atoms with E-state index in [0.29, 0.717) is 12.2 Å². The number of pyridine rings is 1. The van der Waals surface area contributed by atoms with Gasteiger partial charge >= 0.3 is 0 Å². The minimum atomic E-state index is -0.00860. The molecule has 0 unspecified atom stereocenters. The Labute approximate surface area is 87.1 Å². The van der Waals surface area contributed by atoms with E-state index in [2.05, 4.69) is 9.97 Å². The minimum absolute atomic E-state index is 0.00860. The Kier molecular flexibility index (Phi) is 2.45. The van der Waals surface area contributed by atoms with Gasteiger partial charge in [-0.2, -0.15) is 0 Å². The van der Waals surface area contributed by atoms with Crippen molar-refractivity contribution in [2.24, 2.45) is 5.73 Å². The molecule has 0 fully saturated rings. The second kappa shape index (κ2) is 3.91. The standard InChI is InChI=1S/C10H11N5/c11-10(12)9-8(2-1-3-14-9)6-15-5-4-13-7-15/h1-5,7H,6H2,(H3,11,12). The highest BCUT2D eigenvalue weighted by Crippen LogP contribution is 2.06. The molecule has 0 atom stereocenters. The molecule has 0 aliphatic carbocycles. The lowest BCUT2D eigenvalue weighted by Crippen LogP contribution is -2.16. The van der Waals surface area contributed by atoms with Crippen LogP contribution in [0.25, 0.3) is 0 Å². The zero-order valence-electron chi connectivity index (χ0n) is 8.09. The lowest BCUT2D eigenvalue weighted by Gasteiger charge is -2.06. The number of aromatic nitrogens is 3. The molecule has 0 bridgehead atoms. The number of nitrogen functional groups attached to an aromatic ring is 1.